The lowest BCUT2D eigenvalue weighted by Gasteiger charge is -2.17. The van der Waals surface area contributed by atoms with Crippen LogP contribution in [0.2, 0.25) is 0 Å². The van der Waals surface area contributed by atoms with Gasteiger partial charge in [0.2, 0.25) is 0 Å². The first-order valence-electron chi connectivity index (χ1n) is 5.42. The van der Waals surface area contributed by atoms with E-state index in [1.807, 2.05) is 6.20 Å². The lowest BCUT2D eigenvalue weighted by atomic mass is 9.96. The second kappa shape index (κ2) is 4.41. The number of thiazole rings is 1. The van der Waals surface area contributed by atoms with Gasteiger partial charge in [0, 0.05) is 17.1 Å². The summed E-state index contributed by atoms with van der Waals surface area (Å²) in [6.07, 6.45) is 8.42. The van der Waals surface area contributed by atoms with Crippen LogP contribution in [0.5, 0.6) is 0 Å². The Labute approximate surface area is 89.5 Å². The molecule has 78 valence electrons. The van der Waals surface area contributed by atoms with Crippen molar-refractivity contribution in [3.63, 3.8) is 0 Å². The molecule has 0 saturated heterocycles. The molecule has 2 nitrogen and oxygen atoms in total. The summed E-state index contributed by atoms with van der Waals surface area (Å²) < 4.78 is 0. The van der Waals surface area contributed by atoms with Crippen LogP contribution in [-0.2, 0) is 6.42 Å². The molecular formula is C11H18N2S. The lowest BCUT2D eigenvalue weighted by Crippen LogP contribution is -2.30. The molecule has 1 aromatic heterocycles. The molecule has 0 aliphatic heterocycles. The Morgan fingerprint density at radius 2 is 2.29 bits per heavy atom. The average molecular weight is 210 g/mol. The molecule has 3 heteroatoms. The van der Waals surface area contributed by atoms with Crippen LogP contribution in [0.3, 0.4) is 0 Å². The van der Waals surface area contributed by atoms with Crippen molar-refractivity contribution >= 4 is 11.3 Å². The highest BCUT2D eigenvalue weighted by Gasteiger charge is 2.22. The number of nitrogens with two attached hydrogens (primary N) is 1. The topological polar surface area (TPSA) is 38.9 Å². The molecule has 2 N–H and O–H groups in total. The van der Waals surface area contributed by atoms with Crippen molar-refractivity contribution < 1.29 is 0 Å². The summed E-state index contributed by atoms with van der Waals surface area (Å²) in [6, 6.07) is 0.359. The van der Waals surface area contributed by atoms with Gasteiger partial charge in [-0.05, 0) is 32.1 Å². The summed E-state index contributed by atoms with van der Waals surface area (Å²) in [5.74, 6) is 0.761. The molecule has 0 radical (unpaired) electrons. The molecule has 14 heavy (non-hydrogen) atoms. The first-order chi connectivity index (χ1) is 6.75. The number of aryl methyl sites for hydroxylation is 1. The molecule has 2 rings (SSSR count). The van der Waals surface area contributed by atoms with Crippen LogP contribution in [0.15, 0.2) is 6.20 Å². The quantitative estimate of drug-likeness (QED) is 0.832. The Kier molecular flexibility index (Phi) is 3.19. The highest BCUT2D eigenvalue weighted by atomic mass is 32.1. The van der Waals surface area contributed by atoms with Crippen molar-refractivity contribution in [1.29, 1.82) is 0 Å². The summed E-state index contributed by atoms with van der Waals surface area (Å²) in [6.45, 7) is 2.05. The average Bonchev–Trinajstić information content (AvgIpc) is 2.75. The first-order valence-corrected chi connectivity index (χ1v) is 6.24. The van der Waals surface area contributed by atoms with Crippen LogP contribution in [0, 0.1) is 12.8 Å². The summed E-state index contributed by atoms with van der Waals surface area (Å²) >= 11 is 1.78. The number of aromatic nitrogens is 1. The van der Waals surface area contributed by atoms with E-state index in [4.69, 9.17) is 5.73 Å². The van der Waals surface area contributed by atoms with Gasteiger partial charge in [0.25, 0.3) is 0 Å². The minimum absolute atomic E-state index is 0.359. The van der Waals surface area contributed by atoms with Gasteiger partial charge in [-0.2, -0.15) is 0 Å². The normalized spacial score (nSPS) is 20.1. The molecule has 0 bridgehead atoms. The number of rotatable bonds is 3. The fraction of sp³-hybridized carbons (Fsp3) is 0.727. The van der Waals surface area contributed by atoms with E-state index in [-0.39, 0.29) is 0 Å². The van der Waals surface area contributed by atoms with Crippen LogP contribution in [0.4, 0.5) is 0 Å². The van der Waals surface area contributed by atoms with Crippen LogP contribution in [-0.4, -0.2) is 11.0 Å². The molecule has 1 aliphatic rings. The van der Waals surface area contributed by atoms with Crippen LogP contribution in [0.1, 0.15) is 35.6 Å². The van der Waals surface area contributed by atoms with Crippen molar-refractivity contribution in [2.24, 2.45) is 11.7 Å². The van der Waals surface area contributed by atoms with Crippen molar-refractivity contribution in [3.8, 4) is 0 Å². The Morgan fingerprint density at radius 3 is 2.86 bits per heavy atom. The molecule has 1 unspecified atom stereocenters. The van der Waals surface area contributed by atoms with Gasteiger partial charge in [-0.25, -0.2) is 4.98 Å². The predicted molar refractivity (Wildman–Crippen MR) is 60.5 cm³/mol. The van der Waals surface area contributed by atoms with Gasteiger partial charge in [0.05, 0.1) is 5.01 Å². The molecule has 1 aliphatic carbocycles. The number of hydrogen-bond acceptors (Lipinski definition) is 3. The third kappa shape index (κ3) is 2.34. The van der Waals surface area contributed by atoms with E-state index in [9.17, 15) is 0 Å². The molecule has 0 spiro atoms. The molecule has 0 aromatic carbocycles. The maximum absolute atomic E-state index is 6.20. The van der Waals surface area contributed by atoms with E-state index in [0.717, 1.165) is 17.3 Å². The van der Waals surface area contributed by atoms with Gasteiger partial charge >= 0.3 is 0 Å². The Bertz CT molecular complexity index is 289. The first kappa shape index (κ1) is 10.1. The van der Waals surface area contributed by atoms with E-state index < -0.39 is 0 Å². The molecular weight excluding hydrogens is 192 g/mol. The molecule has 0 amide bonds. The lowest BCUT2D eigenvalue weighted by molar-refractivity contribution is 0.431. The van der Waals surface area contributed by atoms with Gasteiger partial charge in [0.15, 0.2) is 0 Å². The summed E-state index contributed by atoms with van der Waals surface area (Å²) in [4.78, 5) is 5.61. The fourth-order valence-electron chi connectivity index (χ4n) is 2.28. The molecule has 1 heterocycles. The summed E-state index contributed by atoms with van der Waals surface area (Å²) in [5.41, 5.74) is 6.20. The number of nitrogens with zero attached hydrogens (tertiary/aromatic N) is 1. The minimum Gasteiger partial charge on any atom is -0.327 e. The third-order valence-electron chi connectivity index (χ3n) is 3.11. The van der Waals surface area contributed by atoms with E-state index in [1.165, 1.54) is 30.6 Å². The van der Waals surface area contributed by atoms with Crippen molar-refractivity contribution in [2.75, 3.05) is 0 Å². The SMILES string of the molecule is Cc1ncc(CC(N)C2CCCC2)s1. The predicted octanol–water partition coefficient (Wildman–Crippen LogP) is 2.51. The van der Waals surface area contributed by atoms with E-state index in [1.54, 1.807) is 11.3 Å². The van der Waals surface area contributed by atoms with Crippen LogP contribution < -0.4 is 5.73 Å². The largest absolute Gasteiger partial charge is 0.327 e. The van der Waals surface area contributed by atoms with Gasteiger partial charge in [0.1, 0.15) is 0 Å². The Hall–Kier alpha value is -0.410. The molecule has 1 saturated carbocycles. The van der Waals surface area contributed by atoms with E-state index in [2.05, 4.69) is 11.9 Å². The van der Waals surface area contributed by atoms with Crippen LogP contribution in [0.25, 0.3) is 0 Å². The van der Waals surface area contributed by atoms with Crippen molar-refractivity contribution in [3.05, 3.63) is 16.1 Å². The van der Waals surface area contributed by atoms with Crippen molar-refractivity contribution in [2.45, 2.75) is 45.1 Å². The molecule has 1 atom stereocenters. The highest BCUT2D eigenvalue weighted by Crippen LogP contribution is 2.28. The zero-order chi connectivity index (χ0) is 9.97. The maximum atomic E-state index is 6.20. The smallest absolute Gasteiger partial charge is 0.0896 e. The van der Waals surface area contributed by atoms with Gasteiger partial charge in [-0.15, -0.1) is 11.3 Å². The third-order valence-corrected chi connectivity index (χ3v) is 4.05. The highest BCUT2D eigenvalue weighted by molar-refractivity contribution is 7.11. The standard InChI is InChI=1S/C11H18N2S/c1-8-13-7-10(14-8)6-11(12)9-4-2-3-5-9/h7,9,11H,2-6,12H2,1H3. The van der Waals surface area contributed by atoms with Gasteiger partial charge in [-0.1, -0.05) is 12.8 Å². The minimum atomic E-state index is 0.359. The second-order valence-corrected chi connectivity index (χ2v) is 5.58. The zero-order valence-corrected chi connectivity index (χ0v) is 9.52. The van der Waals surface area contributed by atoms with E-state index in [0.29, 0.717) is 6.04 Å². The van der Waals surface area contributed by atoms with E-state index >= 15 is 0 Å². The maximum Gasteiger partial charge on any atom is 0.0896 e. The second-order valence-electron chi connectivity index (χ2n) is 4.26. The van der Waals surface area contributed by atoms with Crippen molar-refractivity contribution in [1.82, 2.24) is 4.98 Å². The van der Waals surface area contributed by atoms with Crippen LogP contribution >= 0.6 is 11.3 Å². The summed E-state index contributed by atoms with van der Waals surface area (Å²) in [7, 11) is 0. The zero-order valence-electron chi connectivity index (χ0n) is 8.70. The fourth-order valence-corrected chi connectivity index (χ4v) is 3.15. The Morgan fingerprint density at radius 1 is 1.57 bits per heavy atom. The van der Waals surface area contributed by atoms with Gasteiger partial charge < -0.3 is 5.73 Å². The Balaban J connectivity index is 1.90. The summed E-state index contributed by atoms with van der Waals surface area (Å²) in [5, 5.41) is 1.15. The molecule has 1 fully saturated rings. The number of hydrogen-bond donors (Lipinski definition) is 1. The molecule has 1 aromatic rings. The van der Waals surface area contributed by atoms with Gasteiger partial charge in [-0.3, -0.25) is 0 Å². The monoisotopic (exact) mass is 210 g/mol.